The van der Waals surface area contributed by atoms with Crippen LogP contribution in [0, 0.1) is 12.8 Å². The van der Waals surface area contributed by atoms with Crippen molar-refractivity contribution in [3.05, 3.63) is 16.1 Å². The third-order valence-electron chi connectivity index (χ3n) is 4.06. The predicted octanol–water partition coefficient (Wildman–Crippen LogP) is 1.43. The van der Waals surface area contributed by atoms with Crippen LogP contribution in [0.2, 0.25) is 0 Å². The Morgan fingerprint density at radius 1 is 1.57 bits per heavy atom. The van der Waals surface area contributed by atoms with Crippen LogP contribution >= 0.6 is 11.3 Å². The first kappa shape index (κ1) is 17.9. The molecule has 1 aliphatic rings. The summed E-state index contributed by atoms with van der Waals surface area (Å²) >= 11 is 1.58. The number of amides is 2. The van der Waals surface area contributed by atoms with Crippen molar-refractivity contribution in [3.63, 3.8) is 0 Å². The average molecular weight is 338 g/mol. The lowest BCUT2D eigenvalue weighted by atomic mass is 10.1. The number of carbonyl (C=O) groups excluding carboxylic acids is 2. The molecule has 2 heterocycles. The number of likely N-dealkylation sites (tertiary alicyclic amines) is 1. The summed E-state index contributed by atoms with van der Waals surface area (Å²) in [6.45, 7) is 6.07. The summed E-state index contributed by atoms with van der Waals surface area (Å²) < 4.78 is 0. The number of nitrogens with zero attached hydrogens (tertiary/aromatic N) is 3. The summed E-state index contributed by atoms with van der Waals surface area (Å²) in [6, 6.07) is -0.120. The van der Waals surface area contributed by atoms with Crippen LogP contribution in [0.3, 0.4) is 0 Å². The number of hydrogen-bond acceptors (Lipinski definition) is 5. The van der Waals surface area contributed by atoms with Gasteiger partial charge in [-0.25, -0.2) is 4.98 Å². The summed E-state index contributed by atoms with van der Waals surface area (Å²) in [5, 5.41) is 5.94. The molecule has 6 nitrogen and oxygen atoms in total. The Labute approximate surface area is 141 Å². The molecule has 1 aromatic rings. The summed E-state index contributed by atoms with van der Waals surface area (Å²) in [4.78, 5) is 32.7. The highest BCUT2D eigenvalue weighted by atomic mass is 32.1. The Morgan fingerprint density at radius 2 is 2.30 bits per heavy atom. The van der Waals surface area contributed by atoms with E-state index >= 15 is 0 Å². The van der Waals surface area contributed by atoms with Gasteiger partial charge in [0.2, 0.25) is 11.8 Å². The van der Waals surface area contributed by atoms with E-state index < -0.39 is 0 Å². The molecule has 0 aliphatic carbocycles. The van der Waals surface area contributed by atoms with Crippen LogP contribution < -0.4 is 5.32 Å². The summed E-state index contributed by atoms with van der Waals surface area (Å²) in [5.41, 5.74) is 0.882. The first-order valence-electron chi connectivity index (χ1n) is 8.01. The third kappa shape index (κ3) is 5.00. The van der Waals surface area contributed by atoms with E-state index in [-0.39, 0.29) is 23.8 Å². The Balaban J connectivity index is 1.82. The molecule has 23 heavy (non-hydrogen) atoms. The first-order chi connectivity index (χ1) is 10.9. The van der Waals surface area contributed by atoms with E-state index in [0.29, 0.717) is 13.0 Å². The lowest BCUT2D eigenvalue weighted by Crippen LogP contribution is -2.35. The Hall–Kier alpha value is -1.47. The minimum atomic E-state index is -0.246. The van der Waals surface area contributed by atoms with Crippen LogP contribution in [0.25, 0.3) is 0 Å². The maximum absolute atomic E-state index is 12.4. The van der Waals surface area contributed by atoms with E-state index in [0.717, 1.165) is 30.2 Å². The molecule has 1 aliphatic heterocycles. The Kier molecular flexibility index (Phi) is 6.12. The molecule has 0 aromatic carbocycles. The molecule has 7 heteroatoms. The van der Waals surface area contributed by atoms with E-state index in [9.17, 15) is 9.59 Å². The first-order valence-corrected chi connectivity index (χ1v) is 8.89. The molecule has 1 aromatic heterocycles. The van der Waals surface area contributed by atoms with Gasteiger partial charge in [-0.05, 0) is 40.9 Å². The zero-order valence-electron chi connectivity index (χ0n) is 14.3. The van der Waals surface area contributed by atoms with Gasteiger partial charge in [-0.15, -0.1) is 11.3 Å². The fourth-order valence-electron chi connectivity index (χ4n) is 2.73. The van der Waals surface area contributed by atoms with Crippen molar-refractivity contribution in [3.8, 4) is 0 Å². The van der Waals surface area contributed by atoms with Gasteiger partial charge in [0, 0.05) is 24.9 Å². The molecule has 0 spiro atoms. The highest BCUT2D eigenvalue weighted by Gasteiger charge is 2.34. The molecule has 2 amide bonds. The highest BCUT2D eigenvalue weighted by molar-refractivity contribution is 7.09. The van der Waals surface area contributed by atoms with Gasteiger partial charge in [0.25, 0.3) is 0 Å². The minimum Gasteiger partial charge on any atom is -0.348 e. The van der Waals surface area contributed by atoms with Gasteiger partial charge in [-0.1, -0.05) is 0 Å². The summed E-state index contributed by atoms with van der Waals surface area (Å²) in [6.07, 6.45) is 1.25. The molecule has 0 saturated carbocycles. The van der Waals surface area contributed by atoms with Gasteiger partial charge >= 0.3 is 0 Å². The molecule has 0 radical (unpaired) electrons. The number of thiazole rings is 1. The summed E-state index contributed by atoms with van der Waals surface area (Å²) in [5.74, 6) is -0.211. The highest BCUT2D eigenvalue weighted by Crippen LogP contribution is 2.21. The SMILES string of the molecule is Cc1nc(C(C)NC(=O)C2CC(=O)N(CCCN(C)C)C2)cs1. The number of aryl methyl sites for hydroxylation is 1. The Morgan fingerprint density at radius 3 is 2.91 bits per heavy atom. The second-order valence-corrected chi connectivity index (χ2v) is 7.48. The second kappa shape index (κ2) is 7.88. The molecular weight excluding hydrogens is 312 g/mol. The van der Waals surface area contributed by atoms with Crippen LogP contribution in [0.5, 0.6) is 0 Å². The van der Waals surface area contributed by atoms with Gasteiger partial charge in [0.05, 0.1) is 22.7 Å². The molecule has 2 unspecified atom stereocenters. The largest absolute Gasteiger partial charge is 0.348 e. The fourth-order valence-corrected chi connectivity index (χ4v) is 3.43. The number of carbonyl (C=O) groups is 2. The van der Waals surface area contributed by atoms with Gasteiger partial charge < -0.3 is 15.1 Å². The zero-order valence-corrected chi connectivity index (χ0v) is 15.2. The molecule has 128 valence electrons. The van der Waals surface area contributed by atoms with E-state index in [1.807, 2.05) is 38.2 Å². The van der Waals surface area contributed by atoms with Crippen molar-refractivity contribution in [2.45, 2.75) is 32.7 Å². The molecule has 2 atom stereocenters. The van der Waals surface area contributed by atoms with Gasteiger partial charge in [0.1, 0.15) is 0 Å². The zero-order chi connectivity index (χ0) is 17.0. The van der Waals surface area contributed by atoms with Crippen molar-refractivity contribution >= 4 is 23.2 Å². The van der Waals surface area contributed by atoms with E-state index in [1.165, 1.54) is 0 Å². The third-order valence-corrected chi connectivity index (χ3v) is 4.85. The van der Waals surface area contributed by atoms with Crippen molar-refractivity contribution in [1.29, 1.82) is 0 Å². The summed E-state index contributed by atoms with van der Waals surface area (Å²) in [7, 11) is 4.03. The van der Waals surface area contributed by atoms with Crippen molar-refractivity contribution in [2.24, 2.45) is 5.92 Å². The number of nitrogens with one attached hydrogen (secondary N) is 1. The van der Waals surface area contributed by atoms with Crippen LogP contribution in [-0.2, 0) is 9.59 Å². The van der Waals surface area contributed by atoms with E-state index in [1.54, 1.807) is 11.3 Å². The predicted molar refractivity (Wildman–Crippen MR) is 91.3 cm³/mol. The number of rotatable bonds is 7. The number of aromatic nitrogens is 1. The molecule has 1 fully saturated rings. The lowest BCUT2D eigenvalue weighted by Gasteiger charge is -2.19. The van der Waals surface area contributed by atoms with E-state index in [2.05, 4.69) is 15.2 Å². The van der Waals surface area contributed by atoms with Gasteiger partial charge in [0.15, 0.2) is 0 Å². The van der Waals surface area contributed by atoms with Gasteiger partial charge in [-0.3, -0.25) is 9.59 Å². The second-order valence-electron chi connectivity index (χ2n) is 6.42. The lowest BCUT2D eigenvalue weighted by molar-refractivity contribution is -0.129. The fraction of sp³-hybridized carbons (Fsp3) is 0.688. The molecule has 1 saturated heterocycles. The molecule has 1 N–H and O–H groups in total. The maximum atomic E-state index is 12.4. The van der Waals surface area contributed by atoms with Crippen molar-refractivity contribution in [1.82, 2.24) is 20.1 Å². The number of hydrogen-bond donors (Lipinski definition) is 1. The maximum Gasteiger partial charge on any atom is 0.225 e. The standard InChI is InChI=1S/C16H26N4O2S/c1-11(14-10-23-12(2)18-14)17-16(22)13-8-15(21)20(9-13)7-5-6-19(3)4/h10-11,13H,5-9H2,1-4H3,(H,17,22). The van der Waals surface area contributed by atoms with Gasteiger partial charge in [-0.2, -0.15) is 0 Å². The Bertz CT molecular complexity index is 558. The smallest absolute Gasteiger partial charge is 0.225 e. The van der Waals surface area contributed by atoms with Crippen molar-refractivity contribution < 1.29 is 9.59 Å². The average Bonchev–Trinajstić information content (AvgIpc) is 3.05. The van der Waals surface area contributed by atoms with E-state index in [4.69, 9.17) is 0 Å². The van der Waals surface area contributed by atoms with Crippen molar-refractivity contribution in [2.75, 3.05) is 33.7 Å². The van der Waals surface area contributed by atoms with Crippen LogP contribution in [0.4, 0.5) is 0 Å². The monoisotopic (exact) mass is 338 g/mol. The normalized spacial score (nSPS) is 19.4. The quantitative estimate of drug-likeness (QED) is 0.817. The van der Waals surface area contributed by atoms with Crippen LogP contribution in [0.15, 0.2) is 5.38 Å². The molecule has 0 bridgehead atoms. The molecule has 2 rings (SSSR count). The topological polar surface area (TPSA) is 65.5 Å². The minimum absolute atomic E-state index is 0.0494. The molecular formula is C16H26N4O2S. The van der Waals surface area contributed by atoms with Crippen LogP contribution in [-0.4, -0.2) is 60.3 Å². The van der Waals surface area contributed by atoms with Crippen LogP contribution in [0.1, 0.15) is 36.5 Å².